The highest BCUT2D eigenvalue weighted by Crippen LogP contribution is 2.85. The molecule has 5 fully saturated rings. The molecule has 0 aromatic heterocycles. The van der Waals surface area contributed by atoms with Crippen LogP contribution in [0.2, 0.25) is 0 Å². The van der Waals surface area contributed by atoms with Gasteiger partial charge in [0.15, 0.2) is 13.6 Å². The molecule has 0 spiro atoms. The standard InChI is InChI=1S/C25H34O6/c1-14(22(28)30-12-26)9-24-11-19(18-4-3-5-20(18)24)21-16-6-7-17(8-16)25(21,24)10-15(2)23(29)31-13-27/h16-21,26-27H,1-13H2. The van der Waals surface area contributed by atoms with E-state index >= 15 is 0 Å². The molecule has 0 aliphatic heterocycles. The number of carbonyl (C=O) groups excluding carboxylic acids is 2. The van der Waals surface area contributed by atoms with E-state index in [1.807, 2.05) is 0 Å². The zero-order valence-electron chi connectivity index (χ0n) is 18.2. The van der Waals surface area contributed by atoms with Gasteiger partial charge in [-0.25, -0.2) is 9.59 Å². The van der Waals surface area contributed by atoms with Crippen molar-refractivity contribution in [3.05, 3.63) is 24.3 Å². The fraction of sp³-hybridized carbons (Fsp3) is 0.760. The number of hydrogen-bond donors (Lipinski definition) is 2. The van der Waals surface area contributed by atoms with Crippen LogP contribution in [0.25, 0.3) is 0 Å². The minimum Gasteiger partial charge on any atom is -0.435 e. The lowest BCUT2D eigenvalue weighted by Crippen LogP contribution is -2.54. The predicted molar refractivity (Wildman–Crippen MR) is 112 cm³/mol. The van der Waals surface area contributed by atoms with Crippen LogP contribution < -0.4 is 0 Å². The zero-order valence-corrected chi connectivity index (χ0v) is 18.2. The van der Waals surface area contributed by atoms with E-state index in [4.69, 9.17) is 19.7 Å². The summed E-state index contributed by atoms with van der Waals surface area (Å²) < 4.78 is 9.77. The van der Waals surface area contributed by atoms with Crippen molar-refractivity contribution in [2.45, 2.75) is 57.8 Å². The van der Waals surface area contributed by atoms with Gasteiger partial charge in [-0.3, -0.25) is 0 Å². The molecule has 4 bridgehead atoms. The summed E-state index contributed by atoms with van der Waals surface area (Å²) in [5.41, 5.74) is 0.723. The Morgan fingerprint density at radius 2 is 1.58 bits per heavy atom. The molecule has 2 N–H and O–H groups in total. The van der Waals surface area contributed by atoms with Gasteiger partial charge in [-0.05, 0) is 97.7 Å². The number of fused-ring (bicyclic) bond motifs is 12. The molecule has 5 aliphatic carbocycles. The quantitative estimate of drug-likeness (QED) is 0.266. The Morgan fingerprint density at radius 3 is 2.26 bits per heavy atom. The molecule has 0 radical (unpaired) electrons. The SMILES string of the molecule is C=C(CC12CC(C3CCCC31)C1C3CCC(C3)C12CC(=C)C(=O)OCO)C(=O)OCO. The van der Waals surface area contributed by atoms with E-state index in [1.54, 1.807) is 0 Å². The first-order valence-electron chi connectivity index (χ1n) is 11.8. The second kappa shape index (κ2) is 7.45. The van der Waals surface area contributed by atoms with Crippen LogP contribution in [0.15, 0.2) is 24.3 Å². The molecule has 6 nitrogen and oxygen atoms in total. The predicted octanol–water partition coefficient (Wildman–Crippen LogP) is 3.33. The van der Waals surface area contributed by atoms with Gasteiger partial charge >= 0.3 is 11.9 Å². The summed E-state index contributed by atoms with van der Waals surface area (Å²) in [4.78, 5) is 24.9. The summed E-state index contributed by atoms with van der Waals surface area (Å²) in [6.45, 7) is 6.89. The molecule has 5 saturated carbocycles. The summed E-state index contributed by atoms with van der Waals surface area (Å²) in [7, 11) is 0. The lowest BCUT2D eigenvalue weighted by Gasteiger charge is -2.58. The van der Waals surface area contributed by atoms with Crippen molar-refractivity contribution in [3.8, 4) is 0 Å². The van der Waals surface area contributed by atoms with Gasteiger partial charge in [-0.1, -0.05) is 19.6 Å². The average molecular weight is 431 g/mol. The molecule has 31 heavy (non-hydrogen) atoms. The van der Waals surface area contributed by atoms with Gasteiger partial charge in [0.05, 0.1) is 0 Å². The topological polar surface area (TPSA) is 93.1 Å². The van der Waals surface area contributed by atoms with E-state index in [0.717, 1.165) is 6.42 Å². The lowest BCUT2D eigenvalue weighted by atomic mass is 9.45. The number of rotatable bonds is 8. The van der Waals surface area contributed by atoms with E-state index in [9.17, 15) is 9.59 Å². The normalized spacial score (nSPS) is 43.5. The van der Waals surface area contributed by atoms with Crippen molar-refractivity contribution in [3.63, 3.8) is 0 Å². The molecule has 170 valence electrons. The Bertz CT molecular complexity index is 819. The monoisotopic (exact) mass is 430 g/mol. The smallest absolute Gasteiger partial charge is 0.335 e. The second-order valence-corrected chi connectivity index (χ2v) is 10.7. The molecule has 0 aromatic carbocycles. The number of aliphatic hydroxyl groups excluding tert-OH is 2. The first-order chi connectivity index (χ1) is 14.9. The van der Waals surface area contributed by atoms with Gasteiger partial charge in [0.1, 0.15) is 0 Å². The maximum atomic E-state index is 12.5. The number of hydrogen-bond acceptors (Lipinski definition) is 6. The average Bonchev–Trinajstić information content (AvgIpc) is 3.52. The van der Waals surface area contributed by atoms with Crippen molar-refractivity contribution in [2.24, 2.45) is 46.3 Å². The number of ether oxygens (including phenoxy) is 2. The molecule has 0 heterocycles. The highest BCUT2D eigenvalue weighted by atomic mass is 16.6. The molecular formula is C25H34O6. The van der Waals surface area contributed by atoms with E-state index < -0.39 is 25.5 Å². The van der Waals surface area contributed by atoms with Crippen LogP contribution in [-0.2, 0) is 19.1 Å². The van der Waals surface area contributed by atoms with Crippen molar-refractivity contribution in [1.82, 2.24) is 0 Å². The molecule has 0 saturated heterocycles. The Hall–Kier alpha value is -1.66. The van der Waals surface area contributed by atoms with Crippen molar-refractivity contribution in [2.75, 3.05) is 13.6 Å². The summed E-state index contributed by atoms with van der Waals surface area (Å²) in [6, 6.07) is 0. The Kier molecular flexibility index (Phi) is 5.09. The van der Waals surface area contributed by atoms with Gasteiger partial charge in [0, 0.05) is 11.1 Å². The fourth-order valence-corrected chi connectivity index (χ4v) is 9.82. The van der Waals surface area contributed by atoms with Gasteiger partial charge in [0.2, 0.25) is 0 Å². The van der Waals surface area contributed by atoms with Gasteiger partial charge in [-0.2, -0.15) is 0 Å². The van der Waals surface area contributed by atoms with E-state index in [2.05, 4.69) is 13.2 Å². The molecule has 5 rings (SSSR count). The molecular weight excluding hydrogens is 396 g/mol. The molecule has 0 amide bonds. The van der Waals surface area contributed by atoms with Crippen LogP contribution in [0, 0.1) is 46.3 Å². The molecule has 0 aromatic rings. The third kappa shape index (κ3) is 2.70. The van der Waals surface area contributed by atoms with Gasteiger partial charge < -0.3 is 19.7 Å². The van der Waals surface area contributed by atoms with Crippen LogP contribution >= 0.6 is 0 Å². The Balaban J connectivity index is 1.56. The summed E-state index contributed by atoms with van der Waals surface area (Å²) in [5.74, 6) is 2.63. The fourth-order valence-electron chi connectivity index (χ4n) is 9.82. The minimum atomic E-state index is -0.637. The highest BCUT2D eigenvalue weighted by Gasteiger charge is 2.79. The number of esters is 2. The largest absolute Gasteiger partial charge is 0.435 e. The minimum absolute atomic E-state index is 0.0694. The molecule has 6 heteroatoms. The third-order valence-corrected chi connectivity index (χ3v) is 10.1. The Labute approximate surface area is 183 Å². The molecule has 8 atom stereocenters. The molecule has 5 aliphatic rings. The van der Waals surface area contributed by atoms with Gasteiger partial charge in [0.25, 0.3) is 0 Å². The van der Waals surface area contributed by atoms with Crippen molar-refractivity contribution >= 4 is 11.9 Å². The first kappa shape index (κ1) is 21.2. The third-order valence-electron chi connectivity index (χ3n) is 10.1. The highest BCUT2D eigenvalue weighted by molar-refractivity contribution is 5.88. The van der Waals surface area contributed by atoms with Crippen LogP contribution in [0.3, 0.4) is 0 Å². The van der Waals surface area contributed by atoms with Crippen LogP contribution in [0.5, 0.6) is 0 Å². The van der Waals surface area contributed by atoms with E-state index in [1.165, 1.54) is 38.5 Å². The molecule has 8 unspecified atom stereocenters. The Morgan fingerprint density at radius 1 is 0.903 bits per heavy atom. The van der Waals surface area contributed by atoms with E-state index in [-0.39, 0.29) is 10.8 Å². The first-order valence-corrected chi connectivity index (χ1v) is 11.8. The van der Waals surface area contributed by atoms with Gasteiger partial charge in [-0.15, -0.1) is 0 Å². The second-order valence-electron chi connectivity index (χ2n) is 10.7. The van der Waals surface area contributed by atoms with Crippen molar-refractivity contribution < 1.29 is 29.3 Å². The summed E-state index contributed by atoms with van der Waals surface area (Å²) in [5, 5.41) is 18.2. The maximum Gasteiger partial charge on any atom is 0.335 e. The van der Waals surface area contributed by atoms with Crippen LogP contribution in [0.4, 0.5) is 0 Å². The van der Waals surface area contributed by atoms with E-state index in [0.29, 0.717) is 59.5 Å². The lowest BCUT2D eigenvalue weighted by molar-refractivity contribution is -0.151. The summed E-state index contributed by atoms with van der Waals surface area (Å²) >= 11 is 0. The zero-order chi connectivity index (χ0) is 22.0. The summed E-state index contributed by atoms with van der Waals surface area (Å²) in [6.07, 6.45) is 9.56. The number of carbonyl (C=O) groups is 2. The van der Waals surface area contributed by atoms with Crippen LogP contribution in [-0.4, -0.2) is 35.7 Å². The van der Waals surface area contributed by atoms with Crippen LogP contribution in [0.1, 0.15) is 57.8 Å². The maximum absolute atomic E-state index is 12.5. The number of aliphatic hydroxyl groups is 2. The van der Waals surface area contributed by atoms with Crippen molar-refractivity contribution in [1.29, 1.82) is 0 Å².